The highest BCUT2D eigenvalue weighted by atomic mass is 35.5. The maximum atomic E-state index is 12.2. The van der Waals surface area contributed by atoms with Crippen molar-refractivity contribution >= 4 is 29.9 Å². The Labute approximate surface area is 153 Å². The summed E-state index contributed by atoms with van der Waals surface area (Å²) in [4.78, 5) is 25.8. The normalized spacial score (nSPS) is 13.4. The number of nitrogens with zero attached hydrogens (tertiary/aromatic N) is 1. The van der Waals surface area contributed by atoms with Crippen LogP contribution < -0.4 is 11.1 Å². The van der Waals surface area contributed by atoms with Crippen LogP contribution in [0.1, 0.15) is 34.3 Å². The standard InChI is InChI=1S/C19H21N3O2.ClH/c20-17-7-2-6-16(11-17)19(24)21-12-14-4-1-5-15(10-14)13-22-9-3-8-18(22)23;/h1-2,4-7,10-11H,3,8-9,12-13,20H2,(H,21,24);1H. The third-order valence-corrected chi connectivity index (χ3v) is 4.14. The van der Waals surface area contributed by atoms with Gasteiger partial charge in [-0.25, -0.2) is 0 Å². The van der Waals surface area contributed by atoms with Gasteiger partial charge in [-0.1, -0.05) is 30.3 Å². The molecule has 132 valence electrons. The molecule has 6 heteroatoms. The number of likely N-dealkylation sites (tertiary alicyclic amines) is 1. The summed E-state index contributed by atoms with van der Waals surface area (Å²) >= 11 is 0. The molecule has 0 radical (unpaired) electrons. The molecular weight excluding hydrogens is 338 g/mol. The van der Waals surface area contributed by atoms with Gasteiger partial charge in [0, 0.05) is 37.3 Å². The Morgan fingerprint density at radius 2 is 1.88 bits per heavy atom. The predicted molar refractivity (Wildman–Crippen MR) is 100 cm³/mol. The van der Waals surface area contributed by atoms with Gasteiger partial charge in [-0.2, -0.15) is 0 Å². The molecule has 3 rings (SSSR count). The molecule has 0 aromatic heterocycles. The van der Waals surface area contributed by atoms with Crippen molar-refractivity contribution in [1.29, 1.82) is 0 Å². The van der Waals surface area contributed by atoms with E-state index < -0.39 is 0 Å². The number of carbonyl (C=O) groups is 2. The SMILES string of the molecule is Cl.Nc1cccc(C(=O)NCc2cccc(CN3CCCC3=O)c2)c1. The van der Waals surface area contributed by atoms with Crippen LogP contribution in [-0.4, -0.2) is 23.3 Å². The monoisotopic (exact) mass is 359 g/mol. The number of nitrogens with one attached hydrogen (secondary N) is 1. The smallest absolute Gasteiger partial charge is 0.251 e. The number of nitrogens with two attached hydrogens (primary N) is 1. The molecule has 0 saturated carbocycles. The summed E-state index contributed by atoms with van der Waals surface area (Å²) in [6.45, 7) is 1.90. The molecule has 3 N–H and O–H groups in total. The number of rotatable bonds is 5. The minimum absolute atomic E-state index is 0. The molecule has 1 fully saturated rings. The zero-order valence-electron chi connectivity index (χ0n) is 13.9. The first-order chi connectivity index (χ1) is 11.6. The molecule has 0 spiro atoms. The van der Waals surface area contributed by atoms with E-state index in [-0.39, 0.29) is 24.2 Å². The van der Waals surface area contributed by atoms with Crippen LogP contribution in [0, 0.1) is 0 Å². The lowest BCUT2D eigenvalue weighted by atomic mass is 10.1. The van der Waals surface area contributed by atoms with E-state index in [1.54, 1.807) is 24.3 Å². The molecule has 0 aliphatic carbocycles. The Kier molecular flexibility index (Phi) is 6.42. The highest BCUT2D eigenvalue weighted by Gasteiger charge is 2.19. The number of nitrogen functional groups attached to an aromatic ring is 1. The first kappa shape index (κ1) is 18.8. The van der Waals surface area contributed by atoms with Gasteiger partial charge in [0.2, 0.25) is 5.91 Å². The zero-order valence-corrected chi connectivity index (χ0v) is 14.7. The molecule has 2 aromatic rings. The summed E-state index contributed by atoms with van der Waals surface area (Å²) in [6.07, 6.45) is 1.59. The number of hydrogen-bond acceptors (Lipinski definition) is 3. The Morgan fingerprint density at radius 1 is 1.12 bits per heavy atom. The van der Waals surface area contributed by atoms with E-state index in [1.165, 1.54) is 0 Å². The topological polar surface area (TPSA) is 75.4 Å². The fraction of sp³-hybridized carbons (Fsp3) is 0.263. The van der Waals surface area contributed by atoms with Gasteiger partial charge in [0.15, 0.2) is 0 Å². The quantitative estimate of drug-likeness (QED) is 0.806. The molecule has 1 heterocycles. The maximum absolute atomic E-state index is 12.2. The fourth-order valence-corrected chi connectivity index (χ4v) is 2.89. The zero-order chi connectivity index (χ0) is 16.9. The van der Waals surface area contributed by atoms with Crippen LogP contribution in [0.15, 0.2) is 48.5 Å². The van der Waals surface area contributed by atoms with E-state index in [2.05, 4.69) is 5.32 Å². The fourth-order valence-electron chi connectivity index (χ4n) is 2.89. The van der Waals surface area contributed by atoms with Gasteiger partial charge in [0.05, 0.1) is 0 Å². The van der Waals surface area contributed by atoms with Crippen molar-refractivity contribution in [2.45, 2.75) is 25.9 Å². The number of carbonyl (C=O) groups excluding carboxylic acids is 2. The minimum atomic E-state index is -0.151. The van der Waals surface area contributed by atoms with E-state index in [0.29, 0.717) is 30.8 Å². The second-order valence-electron chi connectivity index (χ2n) is 6.05. The van der Waals surface area contributed by atoms with E-state index >= 15 is 0 Å². The van der Waals surface area contributed by atoms with Crippen molar-refractivity contribution in [3.8, 4) is 0 Å². The van der Waals surface area contributed by atoms with E-state index in [9.17, 15) is 9.59 Å². The molecule has 5 nitrogen and oxygen atoms in total. The molecule has 1 saturated heterocycles. The molecule has 2 amide bonds. The van der Waals surface area contributed by atoms with Crippen LogP contribution in [0.3, 0.4) is 0 Å². The number of halogens is 1. The number of benzene rings is 2. The highest BCUT2D eigenvalue weighted by Crippen LogP contribution is 2.15. The predicted octanol–water partition coefficient (Wildman–Crippen LogP) is 2.74. The van der Waals surface area contributed by atoms with Crippen LogP contribution in [0.5, 0.6) is 0 Å². The summed E-state index contributed by atoms with van der Waals surface area (Å²) in [6, 6.07) is 14.9. The lowest BCUT2D eigenvalue weighted by molar-refractivity contribution is -0.128. The molecule has 2 aromatic carbocycles. The summed E-state index contributed by atoms with van der Waals surface area (Å²) in [7, 11) is 0. The third-order valence-electron chi connectivity index (χ3n) is 4.14. The number of amides is 2. The van der Waals surface area contributed by atoms with Crippen LogP contribution >= 0.6 is 12.4 Å². The van der Waals surface area contributed by atoms with Gasteiger partial charge in [0.25, 0.3) is 5.91 Å². The van der Waals surface area contributed by atoms with Gasteiger partial charge in [-0.15, -0.1) is 12.4 Å². The number of anilines is 1. The first-order valence-corrected chi connectivity index (χ1v) is 8.11. The van der Waals surface area contributed by atoms with Crippen molar-refractivity contribution in [3.63, 3.8) is 0 Å². The minimum Gasteiger partial charge on any atom is -0.399 e. The van der Waals surface area contributed by atoms with Crippen molar-refractivity contribution in [1.82, 2.24) is 10.2 Å². The van der Waals surface area contributed by atoms with Crippen LogP contribution in [0.2, 0.25) is 0 Å². The summed E-state index contributed by atoms with van der Waals surface area (Å²) < 4.78 is 0. The van der Waals surface area contributed by atoms with Gasteiger partial charge in [0.1, 0.15) is 0 Å². The lowest BCUT2D eigenvalue weighted by Crippen LogP contribution is -2.24. The van der Waals surface area contributed by atoms with Crippen molar-refractivity contribution < 1.29 is 9.59 Å². The lowest BCUT2D eigenvalue weighted by Gasteiger charge is -2.16. The van der Waals surface area contributed by atoms with Crippen LogP contribution in [0.25, 0.3) is 0 Å². The molecule has 0 bridgehead atoms. The Balaban J connectivity index is 0.00000225. The second-order valence-corrected chi connectivity index (χ2v) is 6.05. The maximum Gasteiger partial charge on any atom is 0.251 e. The molecule has 1 aliphatic heterocycles. The third kappa shape index (κ3) is 4.97. The van der Waals surface area contributed by atoms with Gasteiger partial charge < -0.3 is 16.0 Å². The second kappa shape index (κ2) is 8.53. The Hall–Kier alpha value is -2.53. The summed E-state index contributed by atoms with van der Waals surface area (Å²) in [5.74, 6) is 0.0674. The van der Waals surface area contributed by atoms with E-state index in [1.807, 2.05) is 29.2 Å². The van der Waals surface area contributed by atoms with Crippen molar-refractivity contribution in [3.05, 3.63) is 65.2 Å². The first-order valence-electron chi connectivity index (χ1n) is 8.11. The van der Waals surface area contributed by atoms with Crippen LogP contribution in [0.4, 0.5) is 5.69 Å². The highest BCUT2D eigenvalue weighted by molar-refractivity contribution is 5.94. The van der Waals surface area contributed by atoms with Gasteiger partial charge in [-0.3, -0.25) is 9.59 Å². The average Bonchev–Trinajstić information content (AvgIpc) is 2.98. The van der Waals surface area contributed by atoms with E-state index in [4.69, 9.17) is 5.73 Å². The Morgan fingerprint density at radius 3 is 2.60 bits per heavy atom. The largest absolute Gasteiger partial charge is 0.399 e. The van der Waals surface area contributed by atoms with E-state index in [0.717, 1.165) is 24.1 Å². The summed E-state index contributed by atoms with van der Waals surface area (Å²) in [5, 5.41) is 2.90. The van der Waals surface area contributed by atoms with Gasteiger partial charge >= 0.3 is 0 Å². The molecular formula is C19H22ClN3O2. The Bertz CT molecular complexity index is 764. The molecule has 25 heavy (non-hydrogen) atoms. The summed E-state index contributed by atoms with van der Waals surface area (Å²) in [5.41, 5.74) is 8.91. The van der Waals surface area contributed by atoms with Crippen molar-refractivity contribution in [2.75, 3.05) is 12.3 Å². The average molecular weight is 360 g/mol. The van der Waals surface area contributed by atoms with Crippen molar-refractivity contribution in [2.24, 2.45) is 0 Å². The molecule has 0 unspecified atom stereocenters. The molecule has 1 aliphatic rings. The number of hydrogen-bond donors (Lipinski definition) is 2. The van der Waals surface area contributed by atoms with Gasteiger partial charge in [-0.05, 0) is 35.7 Å². The molecule has 0 atom stereocenters. The van der Waals surface area contributed by atoms with Crippen LogP contribution in [-0.2, 0) is 17.9 Å².